The van der Waals surface area contributed by atoms with Crippen LogP contribution in [0.5, 0.6) is 0 Å². The Bertz CT molecular complexity index is 618. The third-order valence-electron chi connectivity index (χ3n) is 2.48. The van der Waals surface area contributed by atoms with Gasteiger partial charge < -0.3 is 5.73 Å². The minimum absolute atomic E-state index is 0.330. The maximum Gasteiger partial charge on any atom is 0.259 e. The molecule has 1 heterocycles. The van der Waals surface area contributed by atoms with Crippen LogP contribution in [0.15, 0.2) is 12.1 Å². The van der Waals surface area contributed by atoms with Gasteiger partial charge in [-0.2, -0.15) is 0 Å². The lowest BCUT2D eigenvalue weighted by atomic mass is 10.0. The van der Waals surface area contributed by atoms with Crippen molar-refractivity contribution in [3.8, 4) is 11.5 Å². The quantitative estimate of drug-likeness (QED) is 0.319. The molecule has 0 bridgehead atoms. The highest BCUT2D eigenvalue weighted by atomic mass is 28.3. The molecule has 1 aromatic rings. The van der Waals surface area contributed by atoms with Crippen LogP contribution < -0.4 is 11.1 Å². The van der Waals surface area contributed by atoms with Crippen LogP contribution in [0.1, 0.15) is 26.3 Å². The number of imide groups is 1. The van der Waals surface area contributed by atoms with Gasteiger partial charge in [0.2, 0.25) is 0 Å². The minimum Gasteiger partial charge on any atom is -0.398 e. The first-order valence-electron chi connectivity index (χ1n) is 5.60. The van der Waals surface area contributed by atoms with Gasteiger partial charge >= 0.3 is 0 Å². The van der Waals surface area contributed by atoms with Crippen molar-refractivity contribution in [2.45, 2.75) is 19.6 Å². The summed E-state index contributed by atoms with van der Waals surface area (Å²) >= 11 is 0. The fraction of sp³-hybridized carbons (Fsp3) is 0.231. The number of nitrogen functional groups attached to an aromatic ring is 1. The first-order valence-corrected chi connectivity index (χ1v) is 9.10. The Morgan fingerprint density at radius 3 is 2.22 bits per heavy atom. The summed E-state index contributed by atoms with van der Waals surface area (Å²) in [6, 6.07) is 3.11. The molecule has 1 aromatic carbocycles. The molecule has 0 atom stereocenters. The fourth-order valence-electron chi connectivity index (χ4n) is 1.59. The Labute approximate surface area is 107 Å². The summed E-state index contributed by atoms with van der Waals surface area (Å²) in [6.45, 7) is 6.37. The lowest BCUT2D eigenvalue weighted by Gasteiger charge is -2.05. The topological polar surface area (TPSA) is 72.2 Å². The van der Waals surface area contributed by atoms with Gasteiger partial charge in [0.15, 0.2) is 0 Å². The minimum atomic E-state index is -1.50. The Hall–Kier alpha value is -2.06. The Morgan fingerprint density at radius 1 is 1.11 bits per heavy atom. The lowest BCUT2D eigenvalue weighted by molar-refractivity contribution is 0.0879. The predicted molar refractivity (Wildman–Crippen MR) is 72.9 cm³/mol. The summed E-state index contributed by atoms with van der Waals surface area (Å²) in [6.07, 6.45) is 0. The summed E-state index contributed by atoms with van der Waals surface area (Å²) in [5.74, 6) is 2.23. The van der Waals surface area contributed by atoms with Gasteiger partial charge in [0, 0.05) is 11.3 Å². The van der Waals surface area contributed by atoms with E-state index in [2.05, 4.69) is 36.4 Å². The van der Waals surface area contributed by atoms with Crippen molar-refractivity contribution < 1.29 is 9.59 Å². The van der Waals surface area contributed by atoms with Gasteiger partial charge in [-0.3, -0.25) is 14.9 Å². The summed E-state index contributed by atoms with van der Waals surface area (Å²) in [4.78, 5) is 23.0. The van der Waals surface area contributed by atoms with E-state index >= 15 is 0 Å². The molecule has 0 unspecified atom stereocenters. The van der Waals surface area contributed by atoms with Gasteiger partial charge in [0.05, 0.1) is 11.1 Å². The normalized spacial score (nSPS) is 13.7. The smallest absolute Gasteiger partial charge is 0.259 e. The number of nitrogens with one attached hydrogen (secondary N) is 1. The van der Waals surface area contributed by atoms with Gasteiger partial charge in [-0.15, -0.1) is 5.54 Å². The van der Waals surface area contributed by atoms with E-state index in [0.717, 1.165) is 0 Å². The van der Waals surface area contributed by atoms with Gasteiger partial charge in [-0.25, -0.2) is 0 Å². The zero-order chi connectivity index (χ0) is 13.5. The molecule has 0 saturated carbocycles. The van der Waals surface area contributed by atoms with Crippen LogP contribution in [0, 0.1) is 11.5 Å². The largest absolute Gasteiger partial charge is 0.398 e. The van der Waals surface area contributed by atoms with Crippen molar-refractivity contribution >= 4 is 25.6 Å². The molecule has 5 heteroatoms. The highest BCUT2D eigenvalue weighted by molar-refractivity contribution is 6.83. The molecule has 0 aliphatic carbocycles. The molecule has 18 heavy (non-hydrogen) atoms. The monoisotopic (exact) mass is 258 g/mol. The second-order valence-corrected chi connectivity index (χ2v) is 10.0. The first-order chi connectivity index (χ1) is 8.28. The van der Waals surface area contributed by atoms with Crippen LogP contribution in [0.4, 0.5) is 5.69 Å². The zero-order valence-corrected chi connectivity index (χ0v) is 11.5. The lowest BCUT2D eigenvalue weighted by Crippen LogP contribution is -2.19. The zero-order valence-electron chi connectivity index (χ0n) is 10.5. The number of carbonyl (C=O) groups is 2. The van der Waals surface area contributed by atoms with Gasteiger partial charge in [0.1, 0.15) is 8.07 Å². The molecule has 4 nitrogen and oxygen atoms in total. The Morgan fingerprint density at radius 2 is 1.67 bits per heavy atom. The van der Waals surface area contributed by atoms with Crippen LogP contribution >= 0.6 is 0 Å². The molecule has 1 aliphatic heterocycles. The van der Waals surface area contributed by atoms with Crippen molar-refractivity contribution in [3.05, 3.63) is 28.8 Å². The molecule has 3 N–H and O–H groups in total. The second-order valence-electron chi connectivity index (χ2n) is 5.27. The SMILES string of the molecule is C[Si](C)(C)C#Cc1cc2c(cc1N)C(=O)NC2=O. The number of amides is 2. The van der Waals surface area contributed by atoms with E-state index < -0.39 is 14.0 Å². The molecule has 0 radical (unpaired) electrons. The average molecular weight is 258 g/mol. The van der Waals surface area contributed by atoms with E-state index in [1.165, 1.54) is 6.07 Å². The average Bonchev–Trinajstić information content (AvgIpc) is 2.50. The van der Waals surface area contributed by atoms with Crippen LogP contribution in [0.3, 0.4) is 0 Å². The summed E-state index contributed by atoms with van der Waals surface area (Å²) in [7, 11) is -1.50. The van der Waals surface area contributed by atoms with E-state index in [0.29, 0.717) is 22.4 Å². The Kier molecular flexibility index (Phi) is 2.75. The standard InChI is InChI=1S/C13H14N2O2Si/c1-18(2,3)5-4-8-6-9-10(7-11(8)14)13(17)15-12(9)16/h6-7H,14H2,1-3H3,(H,15,16,17). The van der Waals surface area contributed by atoms with Gasteiger partial charge in [-0.1, -0.05) is 25.6 Å². The third kappa shape index (κ3) is 2.29. The van der Waals surface area contributed by atoms with Gasteiger partial charge in [0.25, 0.3) is 11.8 Å². The maximum atomic E-state index is 11.5. The van der Waals surface area contributed by atoms with Crippen molar-refractivity contribution in [1.82, 2.24) is 5.32 Å². The number of anilines is 1. The molecule has 1 aliphatic rings. The first kappa shape index (κ1) is 12.4. The van der Waals surface area contributed by atoms with Gasteiger partial charge in [-0.05, 0) is 12.1 Å². The number of nitrogens with two attached hydrogens (primary N) is 1. The molecule has 2 amide bonds. The molecule has 92 valence electrons. The number of rotatable bonds is 0. The second kappa shape index (κ2) is 4.00. The molecular formula is C13H14N2O2Si. The molecule has 2 rings (SSSR count). The fourth-order valence-corrected chi connectivity index (χ4v) is 2.10. The van der Waals surface area contributed by atoms with E-state index in [1.807, 2.05) is 0 Å². The van der Waals surface area contributed by atoms with Crippen molar-refractivity contribution in [2.24, 2.45) is 0 Å². The highest BCUT2D eigenvalue weighted by Crippen LogP contribution is 2.22. The molecule has 0 aromatic heterocycles. The molecule has 0 fully saturated rings. The van der Waals surface area contributed by atoms with Crippen LogP contribution in [-0.4, -0.2) is 19.9 Å². The van der Waals surface area contributed by atoms with E-state index in [1.54, 1.807) is 6.07 Å². The van der Waals surface area contributed by atoms with Crippen LogP contribution in [0.25, 0.3) is 0 Å². The number of carbonyl (C=O) groups excluding carboxylic acids is 2. The molecular weight excluding hydrogens is 244 g/mol. The van der Waals surface area contributed by atoms with Crippen molar-refractivity contribution in [1.29, 1.82) is 0 Å². The predicted octanol–water partition coefficient (Wildman–Crippen LogP) is 1.38. The third-order valence-corrected chi connectivity index (χ3v) is 3.35. The summed E-state index contributed by atoms with van der Waals surface area (Å²) in [5, 5.41) is 2.24. The van der Waals surface area contributed by atoms with Crippen molar-refractivity contribution in [2.75, 3.05) is 5.73 Å². The number of benzene rings is 1. The van der Waals surface area contributed by atoms with Crippen LogP contribution in [0.2, 0.25) is 19.6 Å². The molecule has 0 saturated heterocycles. The Balaban J connectivity index is 2.52. The summed E-state index contributed by atoms with van der Waals surface area (Å²) < 4.78 is 0. The molecule has 0 spiro atoms. The summed E-state index contributed by atoms with van der Waals surface area (Å²) in [5.41, 5.74) is 10.8. The number of fused-ring (bicyclic) bond motifs is 1. The van der Waals surface area contributed by atoms with E-state index in [-0.39, 0.29) is 5.91 Å². The highest BCUT2D eigenvalue weighted by Gasteiger charge is 2.27. The van der Waals surface area contributed by atoms with Crippen molar-refractivity contribution in [3.63, 3.8) is 0 Å². The maximum absolute atomic E-state index is 11.5. The number of hydrogen-bond acceptors (Lipinski definition) is 3. The van der Waals surface area contributed by atoms with E-state index in [4.69, 9.17) is 5.73 Å². The number of hydrogen-bond donors (Lipinski definition) is 2. The van der Waals surface area contributed by atoms with E-state index in [9.17, 15) is 9.59 Å². The van der Waals surface area contributed by atoms with Crippen LogP contribution in [-0.2, 0) is 0 Å².